The summed E-state index contributed by atoms with van der Waals surface area (Å²) in [6.45, 7) is 1.49. The molecule has 6 nitrogen and oxygen atoms in total. The molecule has 18 heavy (non-hydrogen) atoms. The number of phosphoric ester groups is 1. The average molecular weight is 271 g/mol. The molecule has 0 radical (unpaired) electrons. The summed E-state index contributed by atoms with van der Waals surface area (Å²) >= 11 is 0. The fourth-order valence-corrected chi connectivity index (χ4v) is 1.88. The highest BCUT2D eigenvalue weighted by atomic mass is 31.2. The summed E-state index contributed by atoms with van der Waals surface area (Å²) < 4.78 is 14.6. The van der Waals surface area contributed by atoms with Gasteiger partial charge < -0.3 is 24.2 Å². The van der Waals surface area contributed by atoms with E-state index in [9.17, 15) is 19.1 Å². The van der Waals surface area contributed by atoms with E-state index < -0.39 is 7.82 Å². The van der Waals surface area contributed by atoms with E-state index in [0.717, 1.165) is 5.56 Å². The number of Topliss-reactive ketones (excluding diaryl/α,β-unsaturated/α-hetero) is 1. The van der Waals surface area contributed by atoms with Gasteiger partial charge in [-0.15, -0.1) is 0 Å². The number of phosphoric acid groups is 1. The molecule has 0 fully saturated rings. The van der Waals surface area contributed by atoms with E-state index >= 15 is 0 Å². The van der Waals surface area contributed by atoms with Crippen molar-refractivity contribution in [2.24, 2.45) is 0 Å². The molecule has 1 atom stereocenters. The molecule has 0 saturated heterocycles. The summed E-state index contributed by atoms with van der Waals surface area (Å²) in [7, 11) is -3.33. The van der Waals surface area contributed by atoms with Gasteiger partial charge in [-0.05, 0) is 38.1 Å². The SMILES string of the molecule is CN[C@@H](Cc1ccc(OP(=O)([O-])[O-])cc1)C(C)=O. The smallest absolute Gasteiger partial charge is 0.147 e. The fraction of sp³-hybridized carbons (Fsp3) is 0.364. The van der Waals surface area contributed by atoms with Crippen molar-refractivity contribution in [2.45, 2.75) is 19.4 Å². The van der Waals surface area contributed by atoms with Crippen molar-refractivity contribution < 1.29 is 23.7 Å². The zero-order valence-electron chi connectivity index (χ0n) is 10.1. The van der Waals surface area contributed by atoms with Crippen molar-refractivity contribution in [2.75, 3.05) is 7.05 Å². The van der Waals surface area contributed by atoms with Gasteiger partial charge in [-0.3, -0.25) is 4.79 Å². The molecule has 0 spiro atoms. The van der Waals surface area contributed by atoms with Crippen LogP contribution in [0.25, 0.3) is 0 Å². The third-order valence-electron chi connectivity index (χ3n) is 2.42. The molecule has 100 valence electrons. The first-order valence-corrected chi connectivity index (χ1v) is 6.76. The van der Waals surface area contributed by atoms with Gasteiger partial charge in [0.2, 0.25) is 0 Å². The Labute approximate surface area is 105 Å². The maximum absolute atomic E-state index is 11.2. The second kappa shape index (κ2) is 6.11. The molecule has 1 aromatic carbocycles. The monoisotopic (exact) mass is 271 g/mol. The number of likely N-dealkylation sites (N-methyl/N-ethyl adjacent to an activating group) is 1. The maximum Gasteiger partial charge on any atom is 0.147 e. The van der Waals surface area contributed by atoms with Crippen molar-refractivity contribution in [1.82, 2.24) is 5.32 Å². The van der Waals surface area contributed by atoms with Gasteiger partial charge in [0, 0.05) is 0 Å². The van der Waals surface area contributed by atoms with Gasteiger partial charge in [-0.2, -0.15) is 0 Å². The Bertz CT molecular complexity index is 453. The van der Waals surface area contributed by atoms with Crippen LogP contribution in [0.3, 0.4) is 0 Å². The van der Waals surface area contributed by atoms with E-state index in [2.05, 4.69) is 9.84 Å². The van der Waals surface area contributed by atoms with Crippen LogP contribution >= 0.6 is 7.82 Å². The van der Waals surface area contributed by atoms with E-state index in [-0.39, 0.29) is 17.6 Å². The van der Waals surface area contributed by atoms with E-state index in [4.69, 9.17) is 0 Å². The summed E-state index contributed by atoms with van der Waals surface area (Å²) in [5.41, 5.74) is 0.837. The predicted octanol–water partition coefficient (Wildman–Crippen LogP) is -0.386. The van der Waals surface area contributed by atoms with E-state index in [1.54, 1.807) is 19.2 Å². The molecule has 0 unspecified atom stereocenters. The lowest BCUT2D eigenvalue weighted by molar-refractivity contribution is -0.333. The Hall–Kier alpha value is -1.20. The lowest BCUT2D eigenvalue weighted by atomic mass is 10.0. The van der Waals surface area contributed by atoms with Crippen molar-refractivity contribution in [3.05, 3.63) is 29.8 Å². The second-order valence-corrected chi connectivity index (χ2v) is 4.92. The van der Waals surface area contributed by atoms with Crippen molar-refractivity contribution in [3.8, 4) is 5.75 Å². The van der Waals surface area contributed by atoms with Gasteiger partial charge in [0.15, 0.2) is 0 Å². The lowest BCUT2D eigenvalue weighted by Crippen LogP contribution is -2.34. The molecule has 0 aromatic heterocycles. The highest BCUT2D eigenvalue weighted by Gasteiger charge is 2.11. The first-order chi connectivity index (χ1) is 8.31. The third kappa shape index (κ3) is 4.98. The van der Waals surface area contributed by atoms with Crippen molar-refractivity contribution in [3.63, 3.8) is 0 Å². The van der Waals surface area contributed by atoms with Crippen LogP contribution in [0.4, 0.5) is 0 Å². The quantitative estimate of drug-likeness (QED) is 0.707. The normalized spacial score (nSPS) is 13.1. The Kier molecular flexibility index (Phi) is 5.04. The van der Waals surface area contributed by atoms with Crippen molar-refractivity contribution in [1.29, 1.82) is 0 Å². The molecule has 0 bridgehead atoms. The van der Waals surface area contributed by atoms with Gasteiger partial charge in [-0.25, -0.2) is 0 Å². The standard InChI is InChI=1S/C11H16NO5P/c1-8(13)11(12-2)7-9-3-5-10(6-4-9)17-18(14,15)16/h3-6,11-12H,7H2,1-2H3,(H2,14,15,16)/p-2/t11-/m0/s1. The number of benzene rings is 1. The Morgan fingerprint density at radius 3 is 2.33 bits per heavy atom. The van der Waals surface area contributed by atoms with Gasteiger partial charge in [-0.1, -0.05) is 12.1 Å². The summed E-state index contributed by atoms with van der Waals surface area (Å²) in [6, 6.07) is 5.69. The van der Waals surface area contributed by atoms with Crippen LogP contribution in [0, 0.1) is 0 Å². The highest BCUT2D eigenvalue weighted by Crippen LogP contribution is 2.29. The molecule has 1 rings (SSSR count). The molecular formula is C11H14NO5P-2. The molecule has 0 aliphatic carbocycles. The number of hydrogen-bond acceptors (Lipinski definition) is 6. The molecule has 1 aromatic rings. The first-order valence-electron chi connectivity index (χ1n) is 5.30. The molecule has 0 heterocycles. The molecule has 7 heteroatoms. The highest BCUT2D eigenvalue weighted by molar-refractivity contribution is 7.43. The number of ketones is 1. The molecule has 0 aliphatic heterocycles. The van der Waals surface area contributed by atoms with Gasteiger partial charge in [0.05, 0.1) is 6.04 Å². The second-order valence-electron chi connectivity index (χ2n) is 3.84. The number of rotatable bonds is 6. The minimum absolute atomic E-state index is 0.0152. The van der Waals surface area contributed by atoms with Gasteiger partial charge in [0.1, 0.15) is 19.4 Å². The topological polar surface area (TPSA) is 102 Å². The Morgan fingerprint density at radius 1 is 1.39 bits per heavy atom. The van der Waals surface area contributed by atoms with Crippen LogP contribution < -0.4 is 19.6 Å². The van der Waals surface area contributed by atoms with E-state index in [1.165, 1.54) is 19.1 Å². The largest absolute Gasteiger partial charge is 0.780 e. The Morgan fingerprint density at radius 2 is 1.94 bits per heavy atom. The molecular weight excluding hydrogens is 257 g/mol. The molecule has 0 saturated carbocycles. The maximum atomic E-state index is 11.2. The fourth-order valence-electron chi connectivity index (χ4n) is 1.50. The van der Waals surface area contributed by atoms with E-state index in [0.29, 0.717) is 6.42 Å². The third-order valence-corrected chi connectivity index (χ3v) is 2.85. The van der Waals surface area contributed by atoms with E-state index in [1.807, 2.05) is 0 Å². The number of nitrogens with one attached hydrogen (secondary N) is 1. The minimum Gasteiger partial charge on any atom is -0.780 e. The summed E-state index contributed by atoms with van der Waals surface area (Å²) in [4.78, 5) is 32.0. The predicted molar refractivity (Wildman–Crippen MR) is 61.9 cm³/mol. The van der Waals surface area contributed by atoms with Crippen molar-refractivity contribution >= 4 is 13.6 Å². The number of hydrogen-bond donors (Lipinski definition) is 1. The zero-order chi connectivity index (χ0) is 13.8. The Balaban J connectivity index is 2.71. The van der Waals surface area contributed by atoms with Gasteiger partial charge >= 0.3 is 0 Å². The van der Waals surface area contributed by atoms with Crippen LogP contribution in [-0.2, 0) is 15.8 Å². The lowest BCUT2D eigenvalue weighted by Gasteiger charge is -2.29. The zero-order valence-corrected chi connectivity index (χ0v) is 11.0. The molecule has 1 N–H and O–H groups in total. The number of carbonyl (C=O) groups is 1. The van der Waals surface area contributed by atoms with Crippen LogP contribution in [0.2, 0.25) is 0 Å². The minimum atomic E-state index is -5.02. The number of carbonyl (C=O) groups excluding carboxylic acids is 1. The van der Waals surface area contributed by atoms with Crippen LogP contribution in [0.1, 0.15) is 12.5 Å². The first kappa shape index (κ1) is 14.9. The van der Waals surface area contributed by atoms with Gasteiger partial charge in [0.25, 0.3) is 0 Å². The molecule has 0 aliphatic rings. The average Bonchev–Trinajstić information content (AvgIpc) is 2.25. The van der Waals surface area contributed by atoms with Crippen LogP contribution in [0.5, 0.6) is 5.75 Å². The van der Waals surface area contributed by atoms with Crippen LogP contribution in [0.15, 0.2) is 24.3 Å². The summed E-state index contributed by atoms with van der Waals surface area (Å²) in [6.07, 6.45) is 0.485. The summed E-state index contributed by atoms with van der Waals surface area (Å²) in [5, 5.41) is 2.88. The molecule has 0 amide bonds. The van der Waals surface area contributed by atoms with Crippen LogP contribution in [-0.4, -0.2) is 18.9 Å². The summed E-state index contributed by atoms with van der Waals surface area (Å²) in [5.74, 6) is -0.0163.